The van der Waals surface area contributed by atoms with Crippen LogP contribution in [0.3, 0.4) is 0 Å². The van der Waals surface area contributed by atoms with Crippen molar-refractivity contribution in [3.05, 3.63) is 57.8 Å². The first kappa shape index (κ1) is 25.4. The highest BCUT2D eigenvalue weighted by Gasteiger charge is 2.25. The number of esters is 1. The topological polar surface area (TPSA) is 149 Å². The number of carbonyl (C=O) groups excluding carboxylic acids is 2. The first-order chi connectivity index (χ1) is 15.1. The molecular weight excluding hydrogens is 462 g/mol. The number of nitro benzene ring substituents is 1. The molecular formula is C19H23N3O8S2. The molecule has 174 valence electrons. The fourth-order valence-electron chi connectivity index (χ4n) is 2.48. The van der Waals surface area contributed by atoms with Gasteiger partial charge in [0.05, 0.1) is 4.92 Å². The zero-order valence-corrected chi connectivity index (χ0v) is 19.3. The van der Waals surface area contributed by atoms with Crippen LogP contribution in [-0.2, 0) is 26.2 Å². The van der Waals surface area contributed by atoms with Crippen LogP contribution >= 0.6 is 11.8 Å². The van der Waals surface area contributed by atoms with Crippen molar-refractivity contribution in [1.29, 1.82) is 0 Å². The van der Waals surface area contributed by atoms with Crippen LogP contribution in [0.5, 0.6) is 0 Å². The molecule has 1 aromatic heterocycles. The number of ether oxygens (including phenoxy) is 1. The minimum atomic E-state index is -3.76. The van der Waals surface area contributed by atoms with Gasteiger partial charge in [0.1, 0.15) is 18.4 Å². The second kappa shape index (κ2) is 11.1. The summed E-state index contributed by atoms with van der Waals surface area (Å²) in [7, 11) is -1.04. The highest BCUT2D eigenvalue weighted by molar-refractivity contribution is 7.98. The van der Waals surface area contributed by atoms with Crippen LogP contribution < -0.4 is 5.32 Å². The normalized spacial score (nSPS) is 12.4. The summed E-state index contributed by atoms with van der Waals surface area (Å²) in [5, 5.41) is 13.2. The number of thioether (sulfide) groups is 1. The molecule has 0 spiro atoms. The van der Waals surface area contributed by atoms with E-state index in [1.165, 1.54) is 56.2 Å². The van der Waals surface area contributed by atoms with E-state index in [0.717, 1.165) is 10.4 Å². The third-order valence-electron chi connectivity index (χ3n) is 4.25. The predicted molar refractivity (Wildman–Crippen MR) is 117 cm³/mol. The summed E-state index contributed by atoms with van der Waals surface area (Å²) in [5.74, 6) is -0.742. The zero-order chi connectivity index (χ0) is 23.9. The molecule has 13 heteroatoms. The quantitative estimate of drug-likeness (QED) is 0.286. The number of hydrogen-bond donors (Lipinski definition) is 1. The Morgan fingerprint density at radius 1 is 1.28 bits per heavy atom. The summed E-state index contributed by atoms with van der Waals surface area (Å²) >= 11 is 1.46. The Kier molecular flexibility index (Phi) is 8.80. The molecule has 1 atom stereocenters. The minimum absolute atomic E-state index is 0.0331. The van der Waals surface area contributed by atoms with Crippen molar-refractivity contribution in [3.8, 4) is 0 Å². The average Bonchev–Trinajstić information content (AvgIpc) is 3.24. The van der Waals surface area contributed by atoms with Crippen LogP contribution in [0.2, 0.25) is 0 Å². The molecule has 0 aliphatic heterocycles. The lowest BCUT2D eigenvalue weighted by Crippen LogP contribution is -2.42. The van der Waals surface area contributed by atoms with Crippen LogP contribution in [0.15, 0.2) is 45.9 Å². The standard InChI is InChI=1S/C19H23N3O8S2/c1-21(2)32(27,28)17-8-7-15(30-17)12-29-19(24)16(9-10-31-3)20-18(23)13-5-4-6-14(11-13)22(25)26/h4-8,11,16H,9-10,12H2,1-3H3,(H,20,23). The molecule has 0 aliphatic carbocycles. The smallest absolute Gasteiger partial charge is 0.329 e. The first-order valence-corrected chi connectivity index (χ1v) is 12.1. The summed E-state index contributed by atoms with van der Waals surface area (Å²) in [6, 6.07) is 6.77. The van der Waals surface area contributed by atoms with Crippen LogP contribution in [0.25, 0.3) is 0 Å². The Bertz CT molecular complexity index is 1080. The Balaban J connectivity index is 2.07. The number of sulfonamides is 1. The van der Waals surface area contributed by atoms with Gasteiger partial charge in [-0.25, -0.2) is 17.5 Å². The Morgan fingerprint density at radius 3 is 2.62 bits per heavy atom. The molecule has 32 heavy (non-hydrogen) atoms. The van der Waals surface area contributed by atoms with Crippen LogP contribution in [-0.4, -0.2) is 61.7 Å². The van der Waals surface area contributed by atoms with Crippen molar-refractivity contribution in [2.45, 2.75) is 24.2 Å². The van der Waals surface area contributed by atoms with Gasteiger partial charge in [0.2, 0.25) is 5.09 Å². The van der Waals surface area contributed by atoms with Gasteiger partial charge in [0, 0.05) is 31.8 Å². The minimum Gasteiger partial charge on any atom is -0.456 e. The van der Waals surface area contributed by atoms with E-state index in [2.05, 4.69) is 5.32 Å². The molecule has 2 aromatic rings. The van der Waals surface area contributed by atoms with Gasteiger partial charge in [0.25, 0.3) is 21.6 Å². The van der Waals surface area contributed by atoms with Crippen molar-refractivity contribution in [3.63, 3.8) is 0 Å². The third-order valence-corrected chi connectivity index (χ3v) is 6.58. The maximum absolute atomic E-state index is 12.6. The predicted octanol–water partition coefficient (Wildman–Crippen LogP) is 2.03. The third kappa shape index (κ3) is 6.55. The molecule has 1 N–H and O–H groups in total. The van der Waals surface area contributed by atoms with Gasteiger partial charge in [0.15, 0.2) is 0 Å². The van der Waals surface area contributed by atoms with E-state index in [4.69, 9.17) is 9.15 Å². The number of rotatable bonds is 11. The van der Waals surface area contributed by atoms with Crippen molar-refractivity contribution < 1.29 is 32.1 Å². The van der Waals surface area contributed by atoms with E-state index >= 15 is 0 Å². The molecule has 1 amide bonds. The highest BCUT2D eigenvalue weighted by atomic mass is 32.2. The fraction of sp³-hybridized carbons (Fsp3) is 0.368. The lowest BCUT2D eigenvalue weighted by atomic mass is 10.1. The molecule has 0 radical (unpaired) electrons. The Morgan fingerprint density at radius 2 is 2.00 bits per heavy atom. The van der Waals surface area contributed by atoms with Crippen LogP contribution in [0.1, 0.15) is 22.5 Å². The van der Waals surface area contributed by atoms with E-state index < -0.39 is 32.9 Å². The van der Waals surface area contributed by atoms with Crippen molar-refractivity contribution in [1.82, 2.24) is 9.62 Å². The summed E-state index contributed by atoms with van der Waals surface area (Å²) < 4.78 is 35.6. The number of furan rings is 1. The number of non-ortho nitro benzene ring substituents is 1. The number of amides is 1. The monoisotopic (exact) mass is 485 g/mol. The average molecular weight is 486 g/mol. The van der Waals surface area contributed by atoms with Gasteiger partial charge < -0.3 is 14.5 Å². The number of nitrogens with zero attached hydrogens (tertiary/aromatic N) is 2. The summed E-state index contributed by atoms with van der Waals surface area (Å²) in [4.78, 5) is 35.4. The number of carbonyl (C=O) groups is 2. The molecule has 1 heterocycles. The summed E-state index contributed by atoms with van der Waals surface area (Å²) in [5.41, 5.74) is -0.215. The summed E-state index contributed by atoms with van der Waals surface area (Å²) in [6.07, 6.45) is 2.10. The van der Waals surface area contributed by atoms with Crippen LogP contribution in [0.4, 0.5) is 5.69 Å². The zero-order valence-electron chi connectivity index (χ0n) is 17.6. The van der Waals surface area contributed by atoms with Gasteiger partial charge in [-0.1, -0.05) is 6.07 Å². The molecule has 11 nitrogen and oxygen atoms in total. The summed E-state index contributed by atoms with van der Waals surface area (Å²) in [6.45, 7) is -0.329. The van der Waals surface area contributed by atoms with Gasteiger partial charge in [-0.3, -0.25) is 14.9 Å². The van der Waals surface area contributed by atoms with E-state index in [0.29, 0.717) is 5.75 Å². The van der Waals surface area contributed by atoms with Gasteiger partial charge in [-0.15, -0.1) is 0 Å². The molecule has 0 fully saturated rings. The molecule has 0 bridgehead atoms. The van der Waals surface area contributed by atoms with Crippen molar-refractivity contribution in [2.24, 2.45) is 0 Å². The SMILES string of the molecule is CSCCC(NC(=O)c1cccc([N+](=O)[O-])c1)C(=O)OCc1ccc(S(=O)(=O)N(C)C)o1. The van der Waals surface area contributed by atoms with Crippen molar-refractivity contribution in [2.75, 3.05) is 26.1 Å². The second-order valence-electron chi connectivity index (χ2n) is 6.73. The maximum Gasteiger partial charge on any atom is 0.329 e. The molecule has 0 saturated heterocycles. The lowest BCUT2D eigenvalue weighted by molar-refractivity contribution is -0.384. The molecule has 2 rings (SSSR count). The number of nitrogens with one attached hydrogen (secondary N) is 1. The van der Waals surface area contributed by atoms with Crippen molar-refractivity contribution >= 4 is 39.3 Å². The largest absolute Gasteiger partial charge is 0.456 e. The lowest BCUT2D eigenvalue weighted by Gasteiger charge is -2.17. The molecule has 1 unspecified atom stereocenters. The van der Waals surface area contributed by atoms with Crippen LogP contribution in [0, 0.1) is 10.1 Å². The van der Waals surface area contributed by atoms with E-state index in [1.54, 1.807) is 0 Å². The number of benzene rings is 1. The van der Waals surface area contributed by atoms with Gasteiger partial charge in [-0.2, -0.15) is 11.8 Å². The maximum atomic E-state index is 12.6. The number of nitro groups is 1. The molecule has 1 aromatic carbocycles. The van der Waals surface area contributed by atoms with Gasteiger partial charge in [-0.05, 0) is 36.6 Å². The molecule has 0 aliphatic rings. The van der Waals surface area contributed by atoms with E-state index in [1.807, 2.05) is 6.26 Å². The highest BCUT2D eigenvalue weighted by Crippen LogP contribution is 2.18. The van der Waals surface area contributed by atoms with Gasteiger partial charge >= 0.3 is 5.97 Å². The molecule has 0 saturated carbocycles. The Labute approximate surface area is 189 Å². The Hall–Kier alpha value is -2.90. The van der Waals surface area contributed by atoms with E-state index in [-0.39, 0.29) is 35.1 Å². The van der Waals surface area contributed by atoms with E-state index in [9.17, 15) is 28.1 Å². The number of hydrogen-bond acceptors (Lipinski definition) is 9. The second-order valence-corrected chi connectivity index (χ2v) is 9.80. The first-order valence-electron chi connectivity index (χ1n) is 9.28. The fourth-order valence-corrected chi connectivity index (χ4v) is 3.77.